The van der Waals surface area contributed by atoms with Crippen molar-refractivity contribution in [1.82, 2.24) is 10.9 Å². The summed E-state index contributed by atoms with van der Waals surface area (Å²) in [7, 11) is 4.41. The van der Waals surface area contributed by atoms with Crippen LogP contribution in [0.2, 0.25) is 0 Å². The van der Waals surface area contributed by atoms with Crippen LogP contribution >= 0.6 is 0 Å². The van der Waals surface area contributed by atoms with E-state index < -0.39 is 5.91 Å². The summed E-state index contributed by atoms with van der Waals surface area (Å²) in [6.45, 7) is 1.91. The van der Waals surface area contributed by atoms with Gasteiger partial charge in [-0.1, -0.05) is 37.3 Å². The molecule has 27 heavy (non-hydrogen) atoms. The van der Waals surface area contributed by atoms with Crippen LogP contribution in [0.5, 0.6) is 17.2 Å². The Labute approximate surface area is 158 Å². The third kappa shape index (κ3) is 4.69. The van der Waals surface area contributed by atoms with E-state index >= 15 is 0 Å². The highest BCUT2D eigenvalue weighted by Gasteiger charge is 2.20. The number of hydrogen-bond donors (Lipinski definition) is 2. The molecule has 0 fully saturated rings. The Hall–Kier alpha value is -3.22. The molecule has 0 radical (unpaired) electrons. The first-order valence-electron chi connectivity index (χ1n) is 8.50. The number of methoxy groups -OCH3 is 3. The van der Waals surface area contributed by atoms with E-state index in [-0.39, 0.29) is 17.4 Å². The van der Waals surface area contributed by atoms with E-state index in [4.69, 9.17) is 14.2 Å². The van der Waals surface area contributed by atoms with Crippen LogP contribution < -0.4 is 25.1 Å². The molecule has 2 aromatic carbocycles. The molecule has 2 amide bonds. The lowest BCUT2D eigenvalue weighted by Crippen LogP contribution is -2.43. The van der Waals surface area contributed by atoms with Crippen molar-refractivity contribution >= 4 is 11.8 Å². The zero-order chi connectivity index (χ0) is 19.8. The predicted molar refractivity (Wildman–Crippen MR) is 101 cm³/mol. The van der Waals surface area contributed by atoms with Crippen molar-refractivity contribution in [2.75, 3.05) is 21.3 Å². The average molecular weight is 372 g/mol. The van der Waals surface area contributed by atoms with Crippen LogP contribution in [0, 0.1) is 0 Å². The zero-order valence-electron chi connectivity index (χ0n) is 15.9. The minimum atomic E-state index is -0.495. The van der Waals surface area contributed by atoms with Gasteiger partial charge in [-0.25, -0.2) is 0 Å². The molecule has 2 N–H and O–H groups in total. The highest BCUT2D eigenvalue weighted by Crippen LogP contribution is 2.38. The number of nitrogens with one attached hydrogen (secondary N) is 2. The third-order valence-electron chi connectivity index (χ3n) is 4.15. The number of carbonyl (C=O) groups is 2. The van der Waals surface area contributed by atoms with Crippen molar-refractivity contribution in [2.45, 2.75) is 19.3 Å². The minimum Gasteiger partial charge on any atom is -0.493 e. The number of rotatable bonds is 7. The van der Waals surface area contributed by atoms with Crippen molar-refractivity contribution in [3.05, 3.63) is 53.6 Å². The molecule has 144 valence electrons. The second-order valence-electron chi connectivity index (χ2n) is 5.73. The van der Waals surface area contributed by atoms with Crippen LogP contribution in [0.15, 0.2) is 42.5 Å². The fourth-order valence-corrected chi connectivity index (χ4v) is 2.75. The molecule has 0 aliphatic heterocycles. The lowest BCUT2D eigenvalue weighted by molar-refractivity contribution is -0.123. The summed E-state index contributed by atoms with van der Waals surface area (Å²) in [6.07, 6.45) is 0.607. The first-order valence-corrected chi connectivity index (χ1v) is 8.50. The van der Waals surface area contributed by atoms with E-state index in [1.165, 1.54) is 33.5 Å². The van der Waals surface area contributed by atoms with Gasteiger partial charge in [0.15, 0.2) is 11.5 Å². The summed E-state index contributed by atoms with van der Waals surface area (Å²) in [5, 5.41) is 0. The number of hydrogen-bond acceptors (Lipinski definition) is 5. The molecule has 2 aromatic rings. The smallest absolute Gasteiger partial charge is 0.269 e. The normalized spacial score (nSPS) is 11.3. The molecule has 0 aliphatic rings. The van der Waals surface area contributed by atoms with E-state index in [1.54, 1.807) is 0 Å². The maximum atomic E-state index is 12.5. The van der Waals surface area contributed by atoms with E-state index in [0.717, 1.165) is 5.56 Å². The first-order chi connectivity index (χ1) is 13.0. The van der Waals surface area contributed by atoms with E-state index in [2.05, 4.69) is 10.9 Å². The fraction of sp³-hybridized carbons (Fsp3) is 0.300. The summed E-state index contributed by atoms with van der Waals surface area (Å²) < 4.78 is 15.7. The van der Waals surface area contributed by atoms with Gasteiger partial charge < -0.3 is 14.2 Å². The number of benzene rings is 2. The molecule has 0 saturated heterocycles. The van der Waals surface area contributed by atoms with Gasteiger partial charge in [-0.15, -0.1) is 0 Å². The average Bonchev–Trinajstić information content (AvgIpc) is 2.72. The van der Waals surface area contributed by atoms with Gasteiger partial charge in [0.05, 0.1) is 27.2 Å². The highest BCUT2D eigenvalue weighted by atomic mass is 16.5. The van der Waals surface area contributed by atoms with Crippen molar-refractivity contribution < 1.29 is 23.8 Å². The monoisotopic (exact) mass is 372 g/mol. The van der Waals surface area contributed by atoms with Crippen LogP contribution in [0.4, 0.5) is 0 Å². The van der Waals surface area contributed by atoms with Gasteiger partial charge in [0.25, 0.3) is 5.91 Å². The van der Waals surface area contributed by atoms with Gasteiger partial charge in [0.2, 0.25) is 11.7 Å². The Morgan fingerprint density at radius 3 is 2.00 bits per heavy atom. The van der Waals surface area contributed by atoms with Gasteiger partial charge in [0.1, 0.15) is 0 Å². The first kappa shape index (κ1) is 20.1. The Morgan fingerprint density at radius 2 is 1.52 bits per heavy atom. The van der Waals surface area contributed by atoms with Gasteiger partial charge in [-0.2, -0.15) is 0 Å². The SMILES string of the molecule is CC[C@@H](C(=O)NNC(=O)c1cc(OC)c(OC)c(OC)c1)c1ccccc1. The topological polar surface area (TPSA) is 85.9 Å². The number of ether oxygens (including phenoxy) is 3. The Morgan fingerprint density at radius 1 is 0.926 bits per heavy atom. The zero-order valence-corrected chi connectivity index (χ0v) is 15.9. The summed E-state index contributed by atoms with van der Waals surface area (Å²) in [5.74, 6) is -0.0507. The molecular weight excluding hydrogens is 348 g/mol. The highest BCUT2D eigenvalue weighted by molar-refractivity contribution is 5.97. The Kier molecular flexibility index (Phi) is 7.05. The van der Waals surface area contributed by atoms with Crippen LogP contribution in [0.25, 0.3) is 0 Å². The van der Waals surface area contributed by atoms with Gasteiger partial charge in [-0.3, -0.25) is 20.4 Å². The summed E-state index contributed by atoms with van der Waals surface area (Å²) in [4.78, 5) is 24.9. The molecule has 7 nitrogen and oxygen atoms in total. The second kappa shape index (κ2) is 9.47. The number of amides is 2. The van der Waals surface area contributed by atoms with Gasteiger partial charge in [-0.05, 0) is 24.1 Å². The fourth-order valence-electron chi connectivity index (χ4n) is 2.75. The molecule has 0 aromatic heterocycles. The second-order valence-corrected chi connectivity index (χ2v) is 5.73. The van der Waals surface area contributed by atoms with Crippen molar-refractivity contribution in [2.24, 2.45) is 0 Å². The summed E-state index contributed by atoms with van der Waals surface area (Å²) in [5.41, 5.74) is 6.07. The van der Waals surface area contributed by atoms with Crippen LogP contribution in [0.1, 0.15) is 35.2 Å². The quantitative estimate of drug-likeness (QED) is 0.730. The van der Waals surface area contributed by atoms with E-state index in [0.29, 0.717) is 23.7 Å². The maximum Gasteiger partial charge on any atom is 0.269 e. The molecule has 0 bridgehead atoms. The number of hydrazine groups is 1. The lowest BCUT2D eigenvalue weighted by Gasteiger charge is -2.17. The molecule has 0 unspecified atom stereocenters. The summed E-state index contributed by atoms with van der Waals surface area (Å²) in [6, 6.07) is 12.4. The maximum absolute atomic E-state index is 12.5. The molecule has 0 aliphatic carbocycles. The third-order valence-corrected chi connectivity index (χ3v) is 4.15. The molecule has 1 atom stereocenters. The standard InChI is InChI=1S/C20H24N2O5/c1-5-15(13-9-7-6-8-10-13)20(24)22-21-19(23)14-11-16(25-2)18(27-4)17(12-14)26-3/h6-12,15H,5H2,1-4H3,(H,21,23)(H,22,24)/t15-/m1/s1. The molecule has 7 heteroatoms. The molecule has 0 heterocycles. The molecule has 0 spiro atoms. The lowest BCUT2D eigenvalue weighted by atomic mass is 9.96. The number of carbonyl (C=O) groups excluding carboxylic acids is 2. The Bertz CT molecular complexity index is 767. The minimum absolute atomic E-state index is 0.262. The van der Waals surface area contributed by atoms with Gasteiger partial charge >= 0.3 is 0 Å². The van der Waals surface area contributed by atoms with Crippen molar-refractivity contribution in [3.8, 4) is 17.2 Å². The predicted octanol–water partition coefficient (Wildman–Crippen LogP) is 2.67. The van der Waals surface area contributed by atoms with E-state index in [9.17, 15) is 9.59 Å². The van der Waals surface area contributed by atoms with Crippen LogP contribution in [0.3, 0.4) is 0 Å². The van der Waals surface area contributed by atoms with Crippen molar-refractivity contribution in [3.63, 3.8) is 0 Å². The largest absolute Gasteiger partial charge is 0.493 e. The summed E-state index contributed by atoms with van der Waals surface area (Å²) >= 11 is 0. The Balaban J connectivity index is 2.12. The molecule has 0 saturated carbocycles. The van der Waals surface area contributed by atoms with Gasteiger partial charge in [0, 0.05) is 5.56 Å². The van der Waals surface area contributed by atoms with Crippen LogP contribution in [-0.2, 0) is 4.79 Å². The van der Waals surface area contributed by atoms with Crippen molar-refractivity contribution in [1.29, 1.82) is 0 Å². The van der Waals surface area contributed by atoms with Crippen LogP contribution in [-0.4, -0.2) is 33.1 Å². The molecular formula is C20H24N2O5. The van der Waals surface area contributed by atoms with E-state index in [1.807, 2.05) is 37.3 Å². The molecule has 2 rings (SSSR count).